The largest absolute Gasteiger partial charge is 0.494 e. The molecule has 0 spiro atoms. The van der Waals surface area contributed by atoms with Gasteiger partial charge in [0.25, 0.3) is 0 Å². The number of fused-ring (bicyclic) bond motifs is 2. The third kappa shape index (κ3) is 9.13. The molecule has 4 fully saturated rings. The molecule has 0 aromatic rings. The Morgan fingerprint density at radius 2 is 1.15 bits per heavy atom. The number of hydrogen-bond donors (Lipinski definition) is 5. The average molecular weight is 585 g/mol. The van der Waals surface area contributed by atoms with Crippen molar-refractivity contribution in [1.82, 2.24) is 5.32 Å². The van der Waals surface area contributed by atoms with Gasteiger partial charge in [-0.25, -0.2) is 0 Å². The first-order valence-electron chi connectivity index (χ1n) is 15.5. The molecule has 3 aliphatic heterocycles. The number of aliphatic imine (C=N–C) groups is 1. The summed E-state index contributed by atoms with van der Waals surface area (Å²) in [6.45, 7) is 1.08. The maximum Gasteiger partial charge on any atom is 0.494 e. The van der Waals surface area contributed by atoms with Crippen LogP contribution in [0.1, 0.15) is 103 Å². The molecule has 0 aromatic heterocycles. The third-order valence-corrected chi connectivity index (χ3v) is 15.3. The molecule has 0 radical (unpaired) electrons. The molecule has 0 aromatic carbocycles. The Morgan fingerprint density at radius 1 is 0.692 bits per heavy atom. The van der Waals surface area contributed by atoms with Gasteiger partial charge in [0.2, 0.25) is 0 Å². The minimum Gasteiger partial charge on any atom is -0.371 e. The molecular weight excluding hydrogens is 532 g/mol. The van der Waals surface area contributed by atoms with Gasteiger partial charge in [0, 0.05) is 25.2 Å². The summed E-state index contributed by atoms with van der Waals surface area (Å²) in [5.41, 5.74) is 16.6. The molecule has 1 aliphatic carbocycles. The van der Waals surface area contributed by atoms with Crippen molar-refractivity contribution in [1.29, 1.82) is 5.41 Å². The number of guanidine groups is 2. The zero-order valence-electron chi connectivity index (χ0n) is 23.7. The topological polar surface area (TPSA) is 172 Å². The van der Waals surface area contributed by atoms with Crippen LogP contribution in [0.5, 0.6) is 0 Å². The second-order valence-corrected chi connectivity index (χ2v) is 17.1. The molecule has 224 valence electrons. The molecule has 0 amide bonds. The minimum atomic E-state index is -3.05. The van der Waals surface area contributed by atoms with Gasteiger partial charge in [-0.05, 0) is 25.7 Å². The van der Waals surface area contributed by atoms with E-state index in [-0.39, 0.29) is 36.3 Å². The second kappa shape index (κ2) is 15.1. The first-order valence-corrected chi connectivity index (χ1v) is 19.3. The van der Waals surface area contributed by atoms with Gasteiger partial charge in [-0.2, -0.15) is 0 Å². The highest BCUT2D eigenvalue weighted by Gasteiger charge is 2.69. The lowest BCUT2D eigenvalue weighted by molar-refractivity contribution is 0.0106. The van der Waals surface area contributed by atoms with Gasteiger partial charge in [0.1, 0.15) is 12.2 Å². The Labute approximate surface area is 236 Å². The van der Waals surface area contributed by atoms with Gasteiger partial charge >= 0.3 is 17.6 Å². The van der Waals surface area contributed by atoms with Crippen LogP contribution in [0.2, 0.25) is 12.1 Å². The molecule has 13 heteroatoms. The predicted molar refractivity (Wildman–Crippen MR) is 156 cm³/mol. The molecule has 6 atom stereocenters. The van der Waals surface area contributed by atoms with Gasteiger partial charge in [-0.3, -0.25) is 10.4 Å². The highest BCUT2D eigenvalue weighted by atomic mass is 28.5. The van der Waals surface area contributed by atoms with Gasteiger partial charge < -0.3 is 44.3 Å². The number of rotatable bonds is 8. The fraction of sp³-hybridized carbons (Fsp3) is 0.923. The Balaban J connectivity index is 1.50. The highest BCUT2D eigenvalue weighted by molar-refractivity contribution is 6.76. The number of nitrogens with zero attached hydrogens (tertiary/aromatic N) is 1. The summed E-state index contributed by atoms with van der Waals surface area (Å²) < 4.78 is 34.2. The summed E-state index contributed by atoms with van der Waals surface area (Å²) in [5, 5.41) is 10.4. The van der Waals surface area contributed by atoms with E-state index in [1.165, 1.54) is 64.2 Å². The van der Waals surface area contributed by atoms with Crippen LogP contribution >= 0.6 is 0 Å². The van der Waals surface area contributed by atoms with Crippen molar-refractivity contribution in [2.45, 2.75) is 139 Å². The minimum absolute atomic E-state index is 0.0285. The summed E-state index contributed by atoms with van der Waals surface area (Å²) in [6, 6.07) is 1.29. The van der Waals surface area contributed by atoms with E-state index in [0.717, 1.165) is 32.1 Å². The van der Waals surface area contributed by atoms with Crippen molar-refractivity contribution < 1.29 is 21.8 Å². The van der Waals surface area contributed by atoms with Crippen LogP contribution in [0.15, 0.2) is 4.99 Å². The number of nitrogens with one attached hydrogen (secondary N) is 2. The molecule has 11 nitrogen and oxygen atoms in total. The van der Waals surface area contributed by atoms with E-state index in [9.17, 15) is 0 Å². The first-order chi connectivity index (χ1) is 18.9. The van der Waals surface area contributed by atoms with Crippen LogP contribution in [0, 0.1) is 5.41 Å². The Morgan fingerprint density at radius 3 is 1.62 bits per heavy atom. The lowest BCUT2D eigenvalue weighted by Gasteiger charge is -2.32. The fourth-order valence-corrected chi connectivity index (χ4v) is 14.5. The summed E-state index contributed by atoms with van der Waals surface area (Å²) in [4.78, 5) is 4.16. The molecule has 1 saturated carbocycles. The average Bonchev–Trinajstić information content (AvgIpc) is 3.38. The van der Waals surface area contributed by atoms with E-state index >= 15 is 0 Å². The van der Waals surface area contributed by atoms with Crippen molar-refractivity contribution in [3.05, 3.63) is 0 Å². The van der Waals surface area contributed by atoms with Crippen LogP contribution in [0.4, 0.5) is 0 Å². The van der Waals surface area contributed by atoms with E-state index in [1.54, 1.807) is 0 Å². The Hall–Kier alpha value is -1.23. The predicted octanol–water partition coefficient (Wildman–Crippen LogP) is 3.47. The van der Waals surface area contributed by atoms with Crippen molar-refractivity contribution in [2.75, 3.05) is 13.1 Å². The molecule has 3 saturated heterocycles. The molecular formula is C26H52N6O5Si2. The number of hydrogen-bond acceptors (Lipinski definition) is 7. The molecule has 3 heterocycles. The molecule has 4 bridgehead atoms. The SMILES string of the molecule is N=C(N)NCCC[Si]12OC3CCCCCCCCCCCCCCC4O[Si](CCCN=C(N)N)(OC4C3O1)O2. The van der Waals surface area contributed by atoms with Crippen LogP contribution in [-0.4, -0.2) is 67.0 Å². The Bertz CT molecular complexity index is 809. The lowest BCUT2D eigenvalue weighted by atomic mass is 9.95. The van der Waals surface area contributed by atoms with Crippen molar-refractivity contribution >= 4 is 29.5 Å². The Kier molecular flexibility index (Phi) is 11.9. The van der Waals surface area contributed by atoms with Gasteiger partial charge in [-0.15, -0.1) is 0 Å². The van der Waals surface area contributed by atoms with Crippen molar-refractivity contribution in [3.63, 3.8) is 0 Å². The van der Waals surface area contributed by atoms with Crippen LogP contribution in [-0.2, 0) is 21.8 Å². The summed E-state index contributed by atoms with van der Waals surface area (Å²) in [7, 11) is -6.10. The van der Waals surface area contributed by atoms with Gasteiger partial charge in [0.05, 0.1) is 12.2 Å². The quantitative estimate of drug-likeness (QED) is 0.124. The summed E-state index contributed by atoms with van der Waals surface area (Å²) in [5.74, 6) is 0.0576. The zero-order chi connectivity index (χ0) is 27.6. The second-order valence-electron chi connectivity index (χ2n) is 11.6. The maximum absolute atomic E-state index is 7.48. The lowest BCUT2D eigenvalue weighted by Crippen LogP contribution is -2.55. The van der Waals surface area contributed by atoms with E-state index in [4.69, 9.17) is 44.4 Å². The monoisotopic (exact) mass is 584 g/mol. The van der Waals surface area contributed by atoms with E-state index in [0.29, 0.717) is 31.6 Å². The first kappa shape index (κ1) is 30.7. The normalized spacial score (nSPS) is 36.0. The van der Waals surface area contributed by atoms with Crippen LogP contribution in [0.3, 0.4) is 0 Å². The standard InChI is InChI=1S/C26H52N6O5Si2/c27-25(28)31-17-13-19-38-33-21-15-11-9-7-5-3-1-2-4-6-8-10-12-16-22-24(23(21)35-38)36-39(34-22,37-38)20-14-18-32-26(29)30/h21-24H,1-20H2,(H4,27,28,31)(H4,29,30,32). The van der Waals surface area contributed by atoms with E-state index in [1.807, 2.05) is 0 Å². The van der Waals surface area contributed by atoms with E-state index in [2.05, 4.69) is 10.3 Å². The van der Waals surface area contributed by atoms with Crippen LogP contribution < -0.4 is 22.5 Å². The van der Waals surface area contributed by atoms with Crippen molar-refractivity contribution in [3.8, 4) is 0 Å². The fourth-order valence-electron chi connectivity index (χ4n) is 6.38. The molecule has 4 rings (SSSR count). The van der Waals surface area contributed by atoms with Gasteiger partial charge in [-0.1, -0.05) is 77.0 Å². The zero-order valence-corrected chi connectivity index (χ0v) is 25.7. The smallest absolute Gasteiger partial charge is 0.371 e. The highest BCUT2D eigenvalue weighted by Crippen LogP contribution is 2.48. The van der Waals surface area contributed by atoms with Crippen molar-refractivity contribution in [2.24, 2.45) is 22.2 Å². The van der Waals surface area contributed by atoms with E-state index < -0.39 is 17.6 Å². The summed E-state index contributed by atoms with van der Waals surface area (Å²) >= 11 is 0. The molecule has 4 aliphatic rings. The third-order valence-electron chi connectivity index (χ3n) is 8.30. The summed E-state index contributed by atoms with van der Waals surface area (Å²) in [6.07, 6.45) is 18.4. The molecule has 6 unspecified atom stereocenters. The number of nitrogens with two attached hydrogens (primary N) is 3. The molecule has 39 heavy (non-hydrogen) atoms. The van der Waals surface area contributed by atoms with Crippen LogP contribution in [0.25, 0.3) is 0 Å². The van der Waals surface area contributed by atoms with Gasteiger partial charge in [0.15, 0.2) is 11.9 Å². The molecule has 8 N–H and O–H groups in total. The maximum atomic E-state index is 7.48.